The first-order valence-corrected chi connectivity index (χ1v) is 11.8. The molecule has 4 heterocycles. The van der Waals surface area contributed by atoms with E-state index in [1.807, 2.05) is 30.1 Å². The van der Waals surface area contributed by atoms with E-state index in [-0.39, 0.29) is 23.2 Å². The lowest BCUT2D eigenvalue weighted by molar-refractivity contribution is 0.349. The second-order valence-corrected chi connectivity index (χ2v) is 9.86. The third-order valence-corrected chi connectivity index (χ3v) is 7.21. The van der Waals surface area contributed by atoms with E-state index in [9.17, 15) is 9.59 Å². The second-order valence-electron chi connectivity index (χ2n) is 8.95. The van der Waals surface area contributed by atoms with Crippen molar-refractivity contribution >= 4 is 32.5 Å². The van der Waals surface area contributed by atoms with Gasteiger partial charge in [0.1, 0.15) is 5.39 Å². The first-order valence-electron chi connectivity index (χ1n) is 10.9. The molecule has 0 aliphatic carbocycles. The van der Waals surface area contributed by atoms with Gasteiger partial charge in [0.15, 0.2) is 5.65 Å². The topological polar surface area (TPSA) is 65.1 Å². The van der Waals surface area contributed by atoms with Crippen LogP contribution in [-0.4, -0.2) is 30.9 Å². The highest BCUT2D eigenvalue weighted by Crippen LogP contribution is 2.34. The molecule has 4 aromatic rings. The molecule has 0 saturated heterocycles. The summed E-state index contributed by atoms with van der Waals surface area (Å²) < 4.78 is 6.07. The number of benzene rings is 1. The fourth-order valence-corrected chi connectivity index (χ4v) is 5.57. The van der Waals surface area contributed by atoms with Gasteiger partial charge in [0, 0.05) is 25.3 Å². The summed E-state index contributed by atoms with van der Waals surface area (Å²) in [6, 6.07) is 8.34. The molecule has 32 heavy (non-hydrogen) atoms. The first kappa shape index (κ1) is 20.8. The molecule has 8 heteroatoms. The average Bonchev–Trinajstić information content (AvgIpc) is 3.47. The molecule has 166 valence electrons. The standard InChI is InChI=1S/C24H27N5O2S/c1-15(2)12-28-22-20(23(30)27(4)24(28)31)21(18-9-7-11-26(18)3)29(25-22)13-16-14-32-19-10-6-5-8-17(16)19/h5-8,10-11,14-15,18H,9,12-13H2,1-4H3. The number of thiophene rings is 1. The Morgan fingerprint density at radius 2 is 1.97 bits per heavy atom. The molecule has 0 fully saturated rings. The minimum absolute atomic E-state index is 0.00241. The summed E-state index contributed by atoms with van der Waals surface area (Å²) in [5.74, 6) is 0.249. The van der Waals surface area contributed by atoms with Gasteiger partial charge in [0.25, 0.3) is 5.56 Å². The Hall–Kier alpha value is -3.13. The van der Waals surface area contributed by atoms with E-state index in [4.69, 9.17) is 5.10 Å². The molecule has 5 rings (SSSR count). The van der Waals surface area contributed by atoms with Gasteiger partial charge in [-0.15, -0.1) is 11.3 Å². The Balaban J connectivity index is 1.79. The van der Waals surface area contributed by atoms with Gasteiger partial charge >= 0.3 is 5.69 Å². The molecule has 0 N–H and O–H groups in total. The molecule has 0 amide bonds. The predicted molar refractivity (Wildman–Crippen MR) is 129 cm³/mol. The van der Waals surface area contributed by atoms with Crippen LogP contribution in [0.5, 0.6) is 0 Å². The molecule has 1 aromatic carbocycles. The van der Waals surface area contributed by atoms with Crippen LogP contribution in [0.15, 0.2) is 51.5 Å². The molecule has 0 radical (unpaired) electrons. The van der Waals surface area contributed by atoms with E-state index in [1.165, 1.54) is 20.2 Å². The summed E-state index contributed by atoms with van der Waals surface area (Å²) in [4.78, 5) is 28.5. The van der Waals surface area contributed by atoms with Crippen molar-refractivity contribution in [3.8, 4) is 0 Å². The van der Waals surface area contributed by atoms with Crippen molar-refractivity contribution in [1.29, 1.82) is 0 Å². The highest BCUT2D eigenvalue weighted by molar-refractivity contribution is 7.17. The van der Waals surface area contributed by atoms with Gasteiger partial charge in [-0.05, 0) is 40.9 Å². The molecule has 1 unspecified atom stereocenters. The van der Waals surface area contributed by atoms with Crippen molar-refractivity contribution in [3.05, 3.63) is 74.0 Å². The summed E-state index contributed by atoms with van der Waals surface area (Å²) >= 11 is 1.71. The Kier molecular flexibility index (Phi) is 5.04. The van der Waals surface area contributed by atoms with Gasteiger partial charge in [-0.2, -0.15) is 5.10 Å². The van der Waals surface area contributed by atoms with Crippen molar-refractivity contribution in [1.82, 2.24) is 23.8 Å². The predicted octanol–water partition coefficient (Wildman–Crippen LogP) is 3.71. The minimum atomic E-state index is -0.314. The number of fused-ring (bicyclic) bond motifs is 2. The number of rotatable bonds is 5. The molecular weight excluding hydrogens is 422 g/mol. The smallest absolute Gasteiger partial charge is 0.332 e. The van der Waals surface area contributed by atoms with Crippen LogP contribution in [0.1, 0.15) is 37.6 Å². The van der Waals surface area contributed by atoms with Crippen LogP contribution in [0.3, 0.4) is 0 Å². The van der Waals surface area contributed by atoms with Crippen LogP contribution >= 0.6 is 11.3 Å². The molecular formula is C24H27N5O2S. The Bertz CT molecular complexity index is 1470. The summed E-state index contributed by atoms with van der Waals surface area (Å²) in [5.41, 5.74) is 1.94. The van der Waals surface area contributed by atoms with Crippen LogP contribution in [0, 0.1) is 5.92 Å². The Labute approximate surface area is 189 Å². The lowest BCUT2D eigenvalue weighted by Gasteiger charge is -2.22. The van der Waals surface area contributed by atoms with Crippen molar-refractivity contribution in [2.24, 2.45) is 13.0 Å². The van der Waals surface area contributed by atoms with E-state index in [1.54, 1.807) is 23.0 Å². The number of hydrogen-bond donors (Lipinski definition) is 0. The van der Waals surface area contributed by atoms with Gasteiger partial charge in [-0.1, -0.05) is 38.1 Å². The molecule has 7 nitrogen and oxygen atoms in total. The summed E-state index contributed by atoms with van der Waals surface area (Å²) in [7, 11) is 3.58. The number of hydrogen-bond acceptors (Lipinski definition) is 5. The maximum absolute atomic E-state index is 13.4. The largest absolute Gasteiger partial charge is 0.372 e. The zero-order valence-electron chi connectivity index (χ0n) is 18.8. The molecule has 1 aliphatic heterocycles. The van der Waals surface area contributed by atoms with Crippen LogP contribution in [0.4, 0.5) is 0 Å². The molecule has 1 atom stereocenters. The Morgan fingerprint density at radius 1 is 1.19 bits per heavy atom. The zero-order valence-corrected chi connectivity index (χ0v) is 19.6. The minimum Gasteiger partial charge on any atom is -0.372 e. The third-order valence-electron chi connectivity index (χ3n) is 6.20. The van der Waals surface area contributed by atoms with Gasteiger partial charge < -0.3 is 4.90 Å². The number of aromatic nitrogens is 4. The van der Waals surface area contributed by atoms with Crippen molar-refractivity contribution in [3.63, 3.8) is 0 Å². The van der Waals surface area contributed by atoms with Crippen molar-refractivity contribution < 1.29 is 0 Å². The lowest BCUT2D eigenvalue weighted by atomic mass is 10.1. The van der Waals surface area contributed by atoms with E-state index < -0.39 is 0 Å². The highest BCUT2D eigenvalue weighted by atomic mass is 32.1. The average molecular weight is 450 g/mol. The van der Waals surface area contributed by atoms with E-state index >= 15 is 0 Å². The van der Waals surface area contributed by atoms with E-state index in [2.05, 4.69) is 42.3 Å². The van der Waals surface area contributed by atoms with Gasteiger partial charge in [0.2, 0.25) is 0 Å². The molecule has 0 saturated carbocycles. The van der Waals surface area contributed by atoms with E-state index in [0.717, 1.165) is 12.1 Å². The zero-order chi connectivity index (χ0) is 22.6. The fraction of sp³-hybridized carbons (Fsp3) is 0.375. The van der Waals surface area contributed by atoms with Crippen LogP contribution in [-0.2, 0) is 20.1 Å². The van der Waals surface area contributed by atoms with E-state index in [0.29, 0.717) is 24.1 Å². The molecule has 3 aromatic heterocycles. The molecule has 1 aliphatic rings. The maximum Gasteiger partial charge on any atom is 0.332 e. The SMILES string of the molecule is CC(C)Cn1c(=O)n(C)c(=O)c2c(C3CC=CN3C)n(Cc3csc4ccccc34)nc21. The summed E-state index contributed by atoms with van der Waals surface area (Å²) in [6.07, 6.45) is 4.96. The quantitative estimate of drug-likeness (QED) is 0.466. The monoisotopic (exact) mass is 449 g/mol. The van der Waals surface area contributed by atoms with Crippen molar-refractivity contribution in [2.45, 2.75) is 39.4 Å². The van der Waals surface area contributed by atoms with Gasteiger partial charge in [0.05, 0.1) is 18.3 Å². The third kappa shape index (κ3) is 3.21. The van der Waals surface area contributed by atoms with Crippen LogP contribution in [0.2, 0.25) is 0 Å². The van der Waals surface area contributed by atoms with Crippen LogP contribution < -0.4 is 11.2 Å². The Morgan fingerprint density at radius 3 is 2.69 bits per heavy atom. The fourth-order valence-electron chi connectivity index (χ4n) is 4.62. The summed E-state index contributed by atoms with van der Waals surface area (Å²) in [6.45, 7) is 5.19. The highest BCUT2D eigenvalue weighted by Gasteiger charge is 2.29. The second kappa shape index (κ2) is 7.78. The lowest BCUT2D eigenvalue weighted by Crippen LogP contribution is -2.39. The van der Waals surface area contributed by atoms with Crippen molar-refractivity contribution in [2.75, 3.05) is 7.05 Å². The first-order chi connectivity index (χ1) is 15.4. The normalized spacial score (nSPS) is 16.3. The van der Waals surface area contributed by atoms with Gasteiger partial charge in [-0.25, -0.2) is 4.79 Å². The number of nitrogens with zero attached hydrogens (tertiary/aromatic N) is 5. The van der Waals surface area contributed by atoms with Crippen LogP contribution in [0.25, 0.3) is 21.1 Å². The van der Waals surface area contributed by atoms with Gasteiger partial charge in [-0.3, -0.25) is 18.6 Å². The maximum atomic E-state index is 13.4. The summed E-state index contributed by atoms with van der Waals surface area (Å²) in [5, 5.41) is 8.82. The molecule has 0 bridgehead atoms. The molecule has 0 spiro atoms.